The number of amides is 1. The van der Waals surface area contributed by atoms with Gasteiger partial charge in [-0.2, -0.15) is 0 Å². The van der Waals surface area contributed by atoms with Crippen LogP contribution in [0.5, 0.6) is 5.19 Å². The first-order valence-corrected chi connectivity index (χ1v) is 11.1. The molecule has 0 saturated carbocycles. The molecule has 1 aromatic heterocycles. The van der Waals surface area contributed by atoms with Crippen molar-refractivity contribution in [3.63, 3.8) is 0 Å². The van der Waals surface area contributed by atoms with Crippen LogP contribution in [0.15, 0.2) is 47.4 Å². The first-order chi connectivity index (χ1) is 13.1. The van der Waals surface area contributed by atoms with Gasteiger partial charge in [0.15, 0.2) is 0 Å². The number of aryl methyl sites for hydroxylation is 1. The van der Waals surface area contributed by atoms with Crippen LogP contribution >= 0.6 is 23.1 Å². The molecule has 2 aromatic carbocycles. The average molecular weight is 399 g/mol. The zero-order valence-corrected chi connectivity index (χ0v) is 17.1. The molecule has 6 heteroatoms. The van der Waals surface area contributed by atoms with Gasteiger partial charge in [0.25, 0.3) is 11.1 Å². The summed E-state index contributed by atoms with van der Waals surface area (Å²) in [5.41, 5.74) is 2.96. The SMILES string of the molecule is CSc1ccc(C(=O)N2CCC(Oc3nc4c(C)cccc4s3)CC2)cc1. The van der Waals surface area contributed by atoms with E-state index in [0.29, 0.717) is 0 Å². The maximum absolute atomic E-state index is 12.7. The number of fused-ring (bicyclic) bond motifs is 1. The van der Waals surface area contributed by atoms with E-state index in [1.54, 1.807) is 23.1 Å². The van der Waals surface area contributed by atoms with Crippen LogP contribution < -0.4 is 4.74 Å². The van der Waals surface area contributed by atoms with Gasteiger partial charge in [-0.25, -0.2) is 4.98 Å². The number of benzene rings is 2. The van der Waals surface area contributed by atoms with E-state index in [-0.39, 0.29) is 12.0 Å². The van der Waals surface area contributed by atoms with Gasteiger partial charge >= 0.3 is 0 Å². The third kappa shape index (κ3) is 3.96. The number of nitrogens with zero attached hydrogens (tertiary/aromatic N) is 2. The molecular formula is C21H22N2O2S2. The maximum Gasteiger partial charge on any atom is 0.274 e. The van der Waals surface area contributed by atoms with Gasteiger partial charge in [0.05, 0.1) is 10.2 Å². The number of thioether (sulfide) groups is 1. The molecule has 1 fully saturated rings. The van der Waals surface area contributed by atoms with Crippen molar-refractivity contribution in [1.29, 1.82) is 0 Å². The first kappa shape index (κ1) is 18.3. The van der Waals surface area contributed by atoms with E-state index in [1.807, 2.05) is 35.4 Å². The number of piperidine rings is 1. The lowest BCUT2D eigenvalue weighted by molar-refractivity contribution is 0.0595. The van der Waals surface area contributed by atoms with E-state index in [0.717, 1.165) is 46.9 Å². The van der Waals surface area contributed by atoms with Crippen LogP contribution in [0.3, 0.4) is 0 Å². The number of ether oxygens (including phenoxy) is 1. The van der Waals surface area contributed by atoms with Crippen LogP contribution in [0.2, 0.25) is 0 Å². The summed E-state index contributed by atoms with van der Waals surface area (Å²) in [7, 11) is 0. The Bertz CT molecular complexity index is 944. The predicted molar refractivity (Wildman–Crippen MR) is 112 cm³/mol. The molecule has 0 unspecified atom stereocenters. The van der Waals surface area contributed by atoms with E-state index < -0.39 is 0 Å². The van der Waals surface area contributed by atoms with Gasteiger partial charge in [-0.15, -0.1) is 11.8 Å². The van der Waals surface area contributed by atoms with Gasteiger partial charge < -0.3 is 9.64 Å². The van der Waals surface area contributed by atoms with Crippen molar-refractivity contribution >= 4 is 39.2 Å². The quantitative estimate of drug-likeness (QED) is 0.579. The number of likely N-dealkylation sites (tertiary alicyclic amines) is 1. The molecule has 1 aliphatic heterocycles. The van der Waals surface area contributed by atoms with Crippen LogP contribution in [0.25, 0.3) is 10.2 Å². The van der Waals surface area contributed by atoms with Crippen LogP contribution in [-0.4, -0.2) is 41.2 Å². The van der Waals surface area contributed by atoms with Gasteiger partial charge in [-0.3, -0.25) is 4.79 Å². The molecule has 27 heavy (non-hydrogen) atoms. The van der Waals surface area contributed by atoms with Crippen LogP contribution in [0.1, 0.15) is 28.8 Å². The molecule has 4 rings (SSSR count). The van der Waals surface area contributed by atoms with Crippen LogP contribution in [0.4, 0.5) is 0 Å². The molecule has 3 aromatic rings. The van der Waals surface area contributed by atoms with Crippen molar-refractivity contribution in [3.8, 4) is 5.19 Å². The van der Waals surface area contributed by atoms with Gasteiger partial charge in [0.1, 0.15) is 6.10 Å². The summed E-state index contributed by atoms with van der Waals surface area (Å²) in [5, 5.41) is 0.733. The highest BCUT2D eigenvalue weighted by molar-refractivity contribution is 7.98. The minimum Gasteiger partial charge on any atom is -0.467 e. The Labute approximate surface area is 167 Å². The maximum atomic E-state index is 12.7. The highest BCUT2D eigenvalue weighted by Gasteiger charge is 2.25. The molecule has 1 saturated heterocycles. The standard InChI is InChI=1S/C21H22N2O2S2/c1-14-4-3-5-18-19(14)22-21(27-18)25-16-10-12-23(13-11-16)20(24)15-6-8-17(26-2)9-7-15/h3-9,16H,10-13H2,1-2H3. The summed E-state index contributed by atoms with van der Waals surface area (Å²) < 4.78 is 7.28. The number of hydrogen-bond donors (Lipinski definition) is 0. The molecule has 0 spiro atoms. The van der Waals surface area contributed by atoms with Gasteiger partial charge in [0, 0.05) is 36.4 Å². The van der Waals surface area contributed by atoms with Crippen molar-refractivity contribution in [2.45, 2.75) is 30.8 Å². The fraction of sp³-hybridized carbons (Fsp3) is 0.333. The molecule has 0 N–H and O–H groups in total. The number of thiazole rings is 1. The summed E-state index contributed by atoms with van der Waals surface area (Å²) in [6, 6.07) is 14.0. The van der Waals surface area contributed by atoms with Crippen LogP contribution in [0, 0.1) is 6.92 Å². The Balaban J connectivity index is 1.36. The second-order valence-corrected chi connectivity index (χ2v) is 8.61. The van der Waals surface area contributed by atoms with E-state index >= 15 is 0 Å². The molecular weight excluding hydrogens is 376 g/mol. The van der Waals surface area contributed by atoms with Crippen LogP contribution in [-0.2, 0) is 0 Å². The minimum absolute atomic E-state index is 0.108. The van der Waals surface area contributed by atoms with E-state index in [2.05, 4.69) is 30.1 Å². The first-order valence-electron chi connectivity index (χ1n) is 9.10. The summed E-state index contributed by atoms with van der Waals surface area (Å²) in [4.78, 5) is 20.4. The van der Waals surface area contributed by atoms with Gasteiger partial charge in [-0.1, -0.05) is 23.5 Å². The lowest BCUT2D eigenvalue weighted by Gasteiger charge is -2.31. The highest BCUT2D eigenvalue weighted by atomic mass is 32.2. The predicted octanol–water partition coefficient (Wildman–Crippen LogP) is 5.01. The molecule has 2 heterocycles. The van der Waals surface area contributed by atoms with Gasteiger partial charge in [-0.05, 0) is 49.1 Å². The van der Waals surface area contributed by atoms with E-state index in [9.17, 15) is 4.79 Å². The Morgan fingerprint density at radius 2 is 1.93 bits per heavy atom. The second-order valence-electron chi connectivity index (χ2n) is 6.74. The van der Waals surface area contributed by atoms with Crippen molar-refractivity contribution in [2.75, 3.05) is 19.3 Å². The third-order valence-corrected chi connectivity index (χ3v) is 6.59. The van der Waals surface area contributed by atoms with Crippen molar-refractivity contribution in [2.24, 2.45) is 0 Å². The van der Waals surface area contributed by atoms with Gasteiger partial charge in [0.2, 0.25) is 0 Å². The molecule has 4 nitrogen and oxygen atoms in total. The molecule has 0 radical (unpaired) electrons. The Kier molecular flexibility index (Phi) is 5.36. The highest BCUT2D eigenvalue weighted by Crippen LogP contribution is 2.31. The van der Waals surface area contributed by atoms with E-state index in [1.165, 1.54) is 10.5 Å². The smallest absolute Gasteiger partial charge is 0.274 e. The monoisotopic (exact) mass is 398 g/mol. The number of para-hydroxylation sites is 1. The second kappa shape index (κ2) is 7.90. The minimum atomic E-state index is 0.108. The van der Waals surface area contributed by atoms with Crippen molar-refractivity contribution in [3.05, 3.63) is 53.6 Å². The Morgan fingerprint density at radius 3 is 2.59 bits per heavy atom. The Morgan fingerprint density at radius 1 is 1.19 bits per heavy atom. The summed E-state index contributed by atoms with van der Waals surface area (Å²) in [5.74, 6) is 0.108. The van der Waals surface area contributed by atoms with Crippen molar-refractivity contribution < 1.29 is 9.53 Å². The molecule has 1 aliphatic rings. The number of aromatic nitrogens is 1. The average Bonchev–Trinajstić information content (AvgIpc) is 3.12. The molecule has 140 valence electrons. The Hall–Kier alpha value is -2.05. The summed E-state index contributed by atoms with van der Waals surface area (Å²) in [6.45, 7) is 3.51. The largest absolute Gasteiger partial charge is 0.467 e. The number of carbonyl (C=O) groups excluding carboxylic acids is 1. The molecule has 0 bridgehead atoms. The lowest BCUT2D eigenvalue weighted by Crippen LogP contribution is -2.41. The summed E-state index contributed by atoms with van der Waals surface area (Å²) in [6.07, 6.45) is 3.83. The zero-order chi connectivity index (χ0) is 18.8. The topological polar surface area (TPSA) is 42.4 Å². The number of carbonyl (C=O) groups is 1. The number of rotatable bonds is 4. The molecule has 0 aliphatic carbocycles. The summed E-state index contributed by atoms with van der Waals surface area (Å²) >= 11 is 3.28. The zero-order valence-electron chi connectivity index (χ0n) is 15.5. The fourth-order valence-corrected chi connectivity index (χ4v) is 4.72. The molecule has 0 atom stereocenters. The number of hydrogen-bond acceptors (Lipinski definition) is 5. The third-order valence-electron chi connectivity index (χ3n) is 4.93. The fourth-order valence-electron chi connectivity index (χ4n) is 3.35. The van der Waals surface area contributed by atoms with Crippen molar-refractivity contribution in [1.82, 2.24) is 9.88 Å². The van der Waals surface area contributed by atoms with E-state index in [4.69, 9.17) is 4.74 Å². The lowest BCUT2D eigenvalue weighted by atomic mass is 10.1. The molecule has 1 amide bonds. The normalized spacial score (nSPS) is 15.3.